The maximum Gasteiger partial charge on any atom is 0.416 e. The molecule has 2 aromatic rings. The summed E-state index contributed by atoms with van der Waals surface area (Å²) in [5.41, 5.74) is -1.18. The lowest BCUT2D eigenvalue weighted by Crippen LogP contribution is -2.54. The summed E-state index contributed by atoms with van der Waals surface area (Å²) in [6, 6.07) is 4.84. The fourth-order valence-corrected chi connectivity index (χ4v) is 5.16. The highest BCUT2D eigenvalue weighted by Gasteiger charge is 2.44. The number of hydrogen-bond acceptors (Lipinski definition) is 5. The Balaban J connectivity index is 1.39. The Hall–Kier alpha value is -2.88. The van der Waals surface area contributed by atoms with Crippen molar-refractivity contribution in [3.63, 3.8) is 0 Å². The molecule has 1 aromatic heterocycles. The Kier molecular flexibility index (Phi) is 7.73. The van der Waals surface area contributed by atoms with E-state index in [0.717, 1.165) is 37.8 Å². The molecule has 2 unspecified atom stereocenters. The lowest BCUT2D eigenvalue weighted by atomic mass is 9.85. The SMILES string of the molecule is CCc1oc(-c2cccc(C(F)(F)F)c2)nc1COC1CCCC(C(=O)NC2(C(=O)O)CCCC2)C1. The van der Waals surface area contributed by atoms with Crippen LogP contribution in [0.1, 0.15) is 75.3 Å². The van der Waals surface area contributed by atoms with Crippen LogP contribution in [0, 0.1) is 5.92 Å². The van der Waals surface area contributed by atoms with Crippen molar-refractivity contribution in [1.29, 1.82) is 0 Å². The van der Waals surface area contributed by atoms with Crippen molar-refractivity contribution in [1.82, 2.24) is 10.3 Å². The van der Waals surface area contributed by atoms with Crippen LogP contribution in [0.5, 0.6) is 0 Å². The van der Waals surface area contributed by atoms with E-state index in [1.54, 1.807) is 0 Å². The van der Waals surface area contributed by atoms with E-state index in [2.05, 4.69) is 10.3 Å². The zero-order valence-electron chi connectivity index (χ0n) is 20.2. The Labute approximate surface area is 207 Å². The third-order valence-electron chi connectivity index (χ3n) is 7.22. The number of alkyl halides is 3. The fraction of sp³-hybridized carbons (Fsp3) is 0.577. The Morgan fingerprint density at radius 3 is 2.64 bits per heavy atom. The summed E-state index contributed by atoms with van der Waals surface area (Å²) < 4.78 is 51.1. The lowest BCUT2D eigenvalue weighted by molar-refractivity contribution is -0.148. The molecule has 0 aliphatic heterocycles. The smallest absolute Gasteiger partial charge is 0.416 e. The van der Waals surface area contributed by atoms with Crippen molar-refractivity contribution in [2.45, 2.75) is 89.1 Å². The second-order valence-electron chi connectivity index (χ2n) is 9.70. The maximum atomic E-state index is 13.1. The molecule has 0 radical (unpaired) electrons. The molecule has 0 saturated heterocycles. The summed E-state index contributed by atoms with van der Waals surface area (Å²) in [4.78, 5) is 29.1. The van der Waals surface area contributed by atoms with E-state index in [-0.39, 0.29) is 36.0 Å². The number of oxazole rings is 1. The van der Waals surface area contributed by atoms with E-state index in [1.165, 1.54) is 12.1 Å². The second-order valence-corrected chi connectivity index (χ2v) is 9.70. The Bertz CT molecular complexity index is 1090. The maximum absolute atomic E-state index is 13.1. The van der Waals surface area contributed by atoms with E-state index in [1.807, 2.05) is 6.92 Å². The third-order valence-corrected chi connectivity index (χ3v) is 7.22. The minimum absolute atomic E-state index is 0.105. The highest BCUT2D eigenvalue weighted by atomic mass is 19.4. The van der Waals surface area contributed by atoms with Crippen LogP contribution in [0.2, 0.25) is 0 Å². The van der Waals surface area contributed by atoms with Gasteiger partial charge in [0.1, 0.15) is 17.0 Å². The molecule has 1 amide bonds. The number of aromatic nitrogens is 1. The molecule has 36 heavy (non-hydrogen) atoms. The zero-order valence-corrected chi connectivity index (χ0v) is 20.2. The van der Waals surface area contributed by atoms with Crippen LogP contribution in [0.3, 0.4) is 0 Å². The van der Waals surface area contributed by atoms with Crippen LogP contribution in [-0.2, 0) is 33.5 Å². The number of halogens is 3. The monoisotopic (exact) mass is 508 g/mol. The summed E-state index contributed by atoms with van der Waals surface area (Å²) in [5, 5.41) is 12.5. The molecule has 1 aromatic carbocycles. The molecule has 7 nitrogen and oxygen atoms in total. The van der Waals surface area contributed by atoms with E-state index in [9.17, 15) is 27.9 Å². The van der Waals surface area contributed by atoms with Crippen molar-refractivity contribution < 1.29 is 37.0 Å². The summed E-state index contributed by atoms with van der Waals surface area (Å²) in [6.07, 6.45) is 0.953. The largest absolute Gasteiger partial charge is 0.480 e. The number of hydrogen-bond donors (Lipinski definition) is 2. The van der Waals surface area contributed by atoms with Gasteiger partial charge in [-0.25, -0.2) is 9.78 Å². The first kappa shape index (κ1) is 26.2. The van der Waals surface area contributed by atoms with Crippen LogP contribution in [0.25, 0.3) is 11.5 Å². The molecule has 2 N–H and O–H groups in total. The van der Waals surface area contributed by atoms with Crippen molar-refractivity contribution in [2.75, 3.05) is 0 Å². The molecule has 2 atom stereocenters. The number of amides is 1. The second kappa shape index (κ2) is 10.6. The Morgan fingerprint density at radius 2 is 1.97 bits per heavy atom. The van der Waals surface area contributed by atoms with Gasteiger partial charge in [0.15, 0.2) is 0 Å². The normalized spacial score (nSPS) is 21.9. The molecule has 196 valence electrons. The number of aliphatic carboxylic acids is 1. The van der Waals surface area contributed by atoms with Crippen LogP contribution in [0.15, 0.2) is 28.7 Å². The molecule has 0 spiro atoms. The molecular weight excluding hydrogens is 477 g/mol. The predicted molar refractivity (Wildman–Crippen MR) is 124 cm³/mol. The van der Waals surface area contributed by atoms with E-state index < -0.39 is 23.2 Å². The average Bonchev–Trinajstić information content (AvgIpc) is 3.50. The summed E-state index contributed by atoms with van der Waals surface area (Å²) in [6.45, 7) is 1.98. The van der Waals surface area contributed by atoms with Gasteiger partial charge in [-0.05, 0) is 50.3 Å². The van der Waals surface area contributed by atoms with Crippen molar-refractivity contribution in [3.05, 3.63) is 41.3 Å². The number of benzene rings is 1. The summed E-state index contributed by atoms with van der Waals surface area (Å²) >= 11 is 0. The molecule has 2 saturated carbocycles. The van der Waals surface area contributed by atoms with Gasteiger partial charge in [0, 0.05) is 17.9 Å². The first-order chi connectivity index (χ1) is 17.1. The highest BCUT2D eigenvalue weighted by molar-refractivity contribution is 5.88. The van der Waals surface area contributed by atoms with Crippen LogP contribution < -0.4 is 5.32 Å². The third kappa shape index (κ3) is 5.74. The number of rotatable bonds is 8. The lowest BCUT2D eigenvalue weighted by Gasteiger charge is -2.32. The molecule has 0 bridgehead atoms. The molecular formula is C26H31F3N2O5. The summed E-state index contributed by atoms with van der Waals surface area (Å²) in [7, 11) is 0. The van der Waals surface area contributed by atoms with Gasteiger partial charge in [-0.1, -0.05) is 32.3 Å². The van der Waals surface area contributed by atoms with Gasteiger partial charge in [-0.15, -0.1) is 0 Å². The van der Waals surface area contributed by atoms with Gasteiger partial charge in [-0.2, -0.15) is 13.2 Å². The van der Waals surface area contributed by atoms with Gasteiger partial charge in [0.25, 0.3) is 0 Å². The molecule has 1 heterocycles. The molecule has 2 aliphatic rings. The summed E-state index contributed by atoms with van der Waals surface area (Å²) in [5.74, 6) is -0.906. The first-order valence-electron chi connectivity index (χ1n) is 12.4. The molecule has 10 heteroatoms. The molecule has 4 rings (SSSR count). The van der Waals surface area contributed by atoms with E-state index in [0.29, 0.717) is 43.6 Å². The predicted octanol–water partition coefficient (Wildman–Crippen LogP) is 5.51. The van der Waals surface area contributed by atoms with Crippen LogP contribution >= 0.6 is 0 Å². The highest BCUT2D eigenvalue weighted by Crippen LogP contribution is 2.34. The number of aryl methyl sites for hydroxylation is 1. The number of carbonyl (C=O) groups excluding carboxylic acids is 1. The van der Waals surface area contributed by atoms with E-state index in [4.69, 9.17) is 9.15 Å². The number of nitrogens with one attached hydrogen (secondary N) is 1. The standard InChI is InChI=1S/C26H31F3N2O5/c1-2-21-20(30-23(36-21)17-8-5-9-18(13-17)26(27,28)29)15-35-19-10-6-7-16(14-19)22(32)31-25(24(33)34)11-3-4-12-25/h5,8-9,13,16,19H,2-4,6-7,10-12,14-15H2,1H3,(H,31,32)(H,33,34). The fourth-order valence-electron chi connectivity index (χ4n) is 5.16. The van der Waals surface area contributed by atoms with Gasteiger partial charge in [-0.3, -0.25) is 4.79 Å². The number of nitrogens with zero attached hydrogens (tertiary/aromatic N) is 1. The molecule has 2 fully saturated rings. The van der Waals surface area contributed by atoms with Gasteiger partial charge in [0.2, 0.25) is 11.8 Å². The quantitative estimate of drug-likeness (QED) is 0.488. The van der Waals surface area contributed by atoms with Gasteiger partial charge < -0.3 is 19.6 Å². The van der Waals surface area contributed by atoms with Crippen molar-refractivity contribution in [3.8, 4) is 11.5 Å². The van der Waals surface area contributed by atoms with Gasteiger partial charge in [0.05, 0.1) is 18.3 Å². The first-order valence-corrected chi connectivity index (χ1v) is 12.4. The zero-order chi connectivity index (χ0) is 25.9. The minimum Gasteiger partial charge on any atom is -0.480 e. The van der Waals surface area contributed by atoms with Crippen LogP contribution in [0.4, 0.5) is 13.2 Å². The number of carboxylic acid groups (broad SMARTS) is 1. The minimum atomic E-state index is -4.46. The van der Waals surface area contributed by atoms with Crippen LogP contribution in [-0.4, -0.2) is 33.6 Å². The number of carbonyl (C=O) groups is 2. The number of carboxylic acids is 1. The van der Waals surface area contributed by atoms with Crippen molar-refractivity contribution in [2.24, 2.45) is 5.92 Å². The van der Waals surface area contributed by atoms with Crippen molar-refractivity contribution >= 4 is 11.9 Å². The topological polar surface area (TPSA) is 102 Å². The number of ether oxygens (including phenoxy) is 1. The average molecular weight is 509 g/mol. The van der Waals surface area contributed by atoms with E-state index >= 15 is 0 Å². The van der Waals surface area contributed by atoms with Gasteiger partial charge >= 0.3 is 12.1 Å². The Morgan fingerprint density at radius 1 is 1.22 bits per heavy atom. The molecule has 2 aliphatic carbocycles.